The summed E-state index contributed by atoms with van der Waals surface area (Å²) in [5.41, 5.74) is 2.80. The van der Waals surface area contributed by atoms with Gasteiger partial charge in [-0.15, -0.1) is 0 Å². The van der Waals surface area contributed by atoms with E-state index in [9.17, 15) is 12.8 Å². The molecule has 0 fully saturated rings. The van der Waals surface area contributed by atoms with E-state index in [2.05, 4.69) is 19.9 Å². The summed E-state index contributed by atoms with van der Waals surface area (Å²) >= 11 is 0. The van der Waals surface area contributed by atoms with Gasteiger partial charge in [0.15, 0.2) is 5.82 Å². The van der Waals surface area contributed by atoms with Gasteiger partial charge in [-0.1, -0.05) is 35.9 Å². The quantitative estimate of drug-likeness (QED) is 0.651. The fourth-order valence-corrected chi connectivity index (χ4v) is 3.95. The van der Waals surface area contributed by atoms with Gasteiger partial charge in [0.25, 0.3) is 0 Å². The van der Waals surface area contributed by atoms with Crippen LogP contribution in [-0.2, 0) is 22.9 Å². The van der Waals surface area contributed by atoms with E-state index in [1.807, 2.05) is 31.2 Å². The summed E-state index contributed by atoms with van der Waals surface area (Å²) in [5.74, 6) is 0.657. The number of H-pyrrole nitrogens is 1. The molecule has 0 radical (unpaired) electrons. The zero-order valence-electron chi connectivity index (χ0n) is 15.2. The monoisotopic (exact) mass is 388 g/mol. The Morgan fingerprint density at radius 3 is 2.59 bits per heavy atom. The minimum Gasteiger partial charge on any atom is -0.263 e. The van der Waals surface area contributed by atoms with Crippen molar-refractivity contribution in [3.63, 3.8) is 0 Å². The molecule has 8 heteroatoms. The van der Waals surface area contributed by atoms with Crippen LogP contribution in [-0.4, -0.2) is 30.1 Å². The molecule has 27 heavy (non-hydrogen) atoms. The Balaban J connectivity index is 1.58. The zero-order valence-corrected chi connectivity index (χ0v) is 16.0. The third-order valence-electron chi connectivity index (χ3n) is 4.15. The number of aromatic amines is 1. The molecule has 142 valence electrons. The molecule has 0 spiro atoms. The van der Waals surface area contributed by atoms with Gasteiger partial charge < -0.3 is 0 Å². The minimum atomic E-state index is -3.79. The SMILES string of the molecule is Cc1ccc(Cc2nc(CCNS(=O)(=O)c3cc(F)ccc3C)n[nH]2)cc1. The number of aryl methyl sites for hydroxylation is 2. The maximum absolute atomic E-state index is 13.4. The average Bonchev–Trinajstić information content (AvgIpc) is 3.06. The first kappa shape index (κ1) is 19.2. The van der Waals surface area contributed by atoms with Gasteiger partial charge in [-0.3, -0.25) is 5.10 Å². The smallest absolute Gasteiger partial charge is 0.240 e. The van der Waals surface area contributed by atoms with Gasteiger partial charge in [0, 0.05) is 19.4 Å². The normalized spacial score (nSPS) is 11.7. The Kier molecular flexibility index (Phi) is 5.67. The van der Waals surface area contributed by atoms with Crippen molar-refractivity contribution in [3.05, 3.63) is 76.6 Å². The van der Waals surface area contributed by atoms with E-state index in [1.165, 1.54) is 17.7 Å². The minimum absolute atomic E-state index is 0.0578. The standard InChI is InChI=1S/C19H21FN4O2S/c1-13-3-6-15(7-4-13)11-19-22-18(23-24-19)9-10-21-27(25,26)17-12-16(20)8-5-14(17)2/h3-8,12,21H,9-11H2,1-2H3,(H,22,23,24). The van der Waals surface area contributed by atoms with E-state index >= 15 is 0 Å². The Morgan fingerprint density at radius 1 is 1.11 bits per heavy atom. The number of rotatable bonds is 7. The van der Waals surface area contributed by atoms with Crippen molar-refractivity contribution in [2.75, 3.05) is 6.54 Å². The number of aromatic nitrogens is 3. The van der Waals surface area contributed by atoms with Crippen LogP contribution in [0.2, 0.25) is 0 Å². The van der Waals surface area contributed by atoms with Crippen LogP contribution in [0.25, 0.3) is 0 Å². The molecule has 3 rings (SSSR count). The predicted octanol–water partition coefficient (Wildman–Crippen LogP) is 2.67. The summed E-state index contributed by atoms with van der Waals surface area (Å²) in [6.45, 7) is 3.78. The van der Waals surface area contributed by atoms with Crippen LogP contribution >= 0.6 is 0 Å². The summed E-state index contributed by atoms with van der Waals surface area (Å²) in [7, 11) is -3.79. The van der Waals surface area contributed by atoms with Crippen LogP contribution in [0.5, 0.6) is 0 Å². The van der Waals surface area contributed by atoms with Crippen LogP contribution in [0, 0.1) is 19.7 Å². The fourth-order valence-electron chi connectivity index (χ4n) is 2.66. The fraction of sp³-hybridized carbons (Fsp3) is 0.263. The van der Waals surface area contributed by atoms with Crippen molar-refractivity contribution in [3.8, 4) is 0 Å². The predicted molar refractivity (Wildman–Crippen MR) is 100 cm³/mol. The largest absolute Gasteiger partial charge is 0.263 e. The van der Waals surface area contributed by atoms with Crippen molar-refractivity contribution in [1.82, 2.24) is 19.9 Å². The third kappa shape index (κ3) is 4.99. The first-order chi connectivity index (χ1) is 12.8. The number of halogens is 1. The summed E-state index contributed by atoms with van der Waals surface area (Å²) in [4.78, 5) is 4.33. The Bertz CT molecular complexity index is 1030. The molecule has 0 bridgehead atoms. The lowest BCUT2D eigenvalue weighted by Crippen LogP contribution is -2.27. The average molecular weight is 388 g/mol. The van der Waals surface area contributed by atoms with Crippen molar-refractivity contribution in [1.29, 1.82) is 0 Å². The highest BCUT2D eigenvalue weighted by atomic mass is 32.2. The first-order valence-corrected chi connectivity index (χ1v) is 10.0. The molecule has 0 aliphatic rings. The van der Waals surface area contributed by atoms with E-state index in [1.54, 1.807) is 6.92 Å². The number of benzene rings is 2. The lowest BCUT2D eigenvalue weighted by Gasteiger charge is -2.08. The third-order valence-corrected chi connectivity index (χ3v) is 5.75. The summed E-state index contributed by atoms with van der Waals surface area (Å²) in [5, 5.41) is 7.00. The highest BCUT2D eigenvalue weighted by Gasteiger charge is 2.17. The van der Waals surface area contributed by atoms with E-state index in [-0.39, 0.29) is 11.4 Å². The Hall–Kier alpha value is -2.58. The molecule has 0 aliphatic heterocycles. The van der Waals surface area contributed by atoms with Gasteiger partial charge in [-0.25, -0.2) is 22.5 Å². The van der Waals surface area contributed by atoms with E-state index in [0.29, 0.717) is 24.2 Å². The van der Waals surface area contributed by atoms with Gasteiger partial charge >= 0.3 is 0 Å². The second kappa shape index (κ2) is 7.98. The molecular weight excluding hydrogens is 367 g/mol. The molecule has 0 saturated heterocycles. The topological polar surface area (TPSA) is 87.7 Å². The van der Waals surface area contributed by atoms with Crippen LogP contribution in [0.15, 0.2) is 47.4 Å². The van der Waals surface area contributed by atoms with E-state index in [4.69, 9.17) is 0 Å². The summed E-state index contributed by atoms with van der Waals surface area (Å²) in [6.07, 6.45) is 0.958. The Labute approximate surface area is 157 Å². The van der Waals surface area contributed by atoms with Gasteiger partial charge in [0.1, 0.15) is 11.6 Å². The van der Waals surface area contributed by atoms with Gasteiger partial charge in [0.05, 0.1) is 4.90 Å². The molecule has 6 nitrogen and oxygen atoms in total. The molecule has 0 saturated carbocycles. The molecule has 0 amide bonds. The van der Waals surface area contributed by atoms with Gasteiger partial charge in [-0.2, -0.15) is 5.10 Å². The van der Waals surface area contributed by atoms with E-state index < -0.39 is 15.8 Å². The highest BCUT2D eigenvalue weighted by molar-refractivity contribution is 7.89. The molecule has 1 aromatic heterocycles. The van der Waals surface area contributed by atoms with Crippen molar-refractivity contribution in [2.24, 2.45) is 0 Å². The second-order valence-corrected chi connectivity index (χ2v) is 8.15. The molecular formula is C19H21FN4O2S. The number of nitrogens with zero attached hydrogens (tertiary/aromatic N) is 2. The second-order valence-electron chi connectivity index (χ2n) is 6.42. The molecule has 0 unspecified atom stereocenters. The summed E-state index contributed by atoms with van der Waals surface area (Å²) < 4.78 is 40.5. The zero-order chi connectivity index (χ0) is 19.4. The van der Waals surface area contributed by atoms with Crippen LogP contribution < -0.4 is 4.72 Å². The lowest BCUT2D eigenvalue weighted by atomic mass is 10.1. The van der Waals surface area contributed by atoms with Crippen molar-refractivity contribution >= 4 is 10.0 Å². The lowest BCUT2D eigenvalue weighted by molar-refractivity contribution is 0.576. The maximum atomic E-state index is 13.4. The number of hydrogen-bond acceptors (Lipinski definition) is 4. The summed E-state index contributed by atoms with van der Waals surface area (Å²) in [6, 6.07) is 11.8. The van der Waals surface area contributed by atoms with E-state index in [0.717, 1.165) is 17.5 Å². The number of sulfonamides is 1. The first-order valence-electron chi connectivity index (χ1n) is 8.55. The van der Waals surface area contributed by atoms with Crippen molar-refractivity contribution in [2.45, 2.75) is 31.6 Å². The highest BCUT2D eigenvalue weighted by Crippen LogP contribution is 2.16. The van der Waals surface area contributed by atoms with Gasteiger partial charge in [0.2, 0.25) is 10.0 Å². The molecule has 0 aliphatic carbocycles. The van der Waals surface area contributed by atoms with Crippen LogP contribution in [0.4, 0.5) is 4.39 Å². The van der Waals surface area contributed by atoms with Crippen LogP contribution in [0.3, 0.4) is 0 Å². The molecule has 2 aromatic carbocycles. The van der Waals surface area contributed by atoms with Crippen LogP contribution in [0.1, 0.15) is 28.3 Å². The maximum Gasteiger partial charge on any atom is 0.240 e. The molecule has 3 aromatic rings. The molecule has 2 N–H and O–H groups in total. The molecule has 1 heterocycles. The number of hydrogen-bond donors (Lipinski definition) is 2. The molecule has 0 atom stereocenters. The Morgan fingerprint density at radius 2 is 1.85 bits per heavy atom. The van der Waals surface area contributed by atoms with Crippen molar-refractivity contribution < 1.29 is 12.8 Å². The number of nitrogens with one attached hydrogen (secondary N) is 2. The van der Waals surface area contributed by atoms with Gasteiger partial charge in [-0.05, 0) is 37.1 Å².